The van der Waals surface area contributed by atoms with Crippen molar-refractivity contribution in [3.8, 4) is 22.3 Å². The maximum Gasteiger partial charge on any atom is 0.352 e. The van der Waals surface area contributed by atoms with E-state index in [1.807, 2.05) is 48.0 Å². The van der Waals surface area contributed by atoms with Crippen LogP contribution in [-0.4, -0.2) is 20.6 Å². The van der Waals surface area contributed by atoms with Gasteiger partial charge in [0.05, 0.1) is 11.7 Å². The number of carbonyl (C=O) groups is 1. The molecule has 2 aromatic heterocycles. The van der Waals surface area contributed by atoms with Crippen LogP contribution in [0.4, 0.5) is 0 Å². The molecule has 0 bridgehead atoms. The van der Waals surface area contributed by atoms with Crippen molar-refractivity contribution < 1.29 is 9.90 Å². The van der Waals surface area contributed by atoms with Gasteiger partial charge < -0.3 is 9.67 Å². The molecule has 1 N–H and O–H groups in total. The molecule has 4 aromatic rings. The number of hydrogen-bond acceptors (Lipinski definition) is 2. The molecule has 0 fully saturated rings. The number of hydrogen-bond donors (Lipinski definition) is 1. The molecule has 0 aliphatic rings. The SMILES string of the molecule is CCCn1c(C(=O)O)cc2c(-c3cccc(-c4ccccc4)c3)cncc21. The Morgan fingerprint density at radius 1 is 0.963 bits per heavy atom. The molecule has 0 unspecified atom stereocenters. The van der Waals surface area contributed by atoms with Crippen LogP contribution < -0.4 is 0 Å². The van der Waals surface area contributed by atoms with Crippen LogP contribution in [-0.2, 0) is 6.54 Å². The van der Waals surface area contributed by atoms with E-state index in [0.717, 1.165) is 39.6 Å². The van der Waals surface area contributed by atoms with E-state index in [2.05, 4.69) is 29.2 Å². The molecular weight excluding hydrogens is 336 g/mol. The van der Waals surface area contributed by atoms with Gasteiger partial charge in [0, 0.05) is 23.7 Å². The second-order valence-electron chi connectivity index (χ2n) is 6.55. The minimum atomic E-state index is -0.913. The highest BCUT2D eigenvalue weighted by atomic mass is 16.4. The second kappa shape index (κ2) is 7.08. The quantitative estimate of drug-likeness (QED) is 0.515. The minimum Gasteiger partial charge on any atom is -0.477 e. The predicted molar refractivity (Wildman–Crippen MR) is 108 cm³/mol. The lowest BCUT2D eigenvalue weighted by Crippen LogP contribution is -2.07. The van der Waals surface area contributed by atoms with Crippen molar-refractivity contribution in [2.45, 2.75) is 19.9 Å². The van der Waals surface area contributed by atoms with Gasteiger partial charge in [0.25, 0.3) is 0 Å². The van der Waals surface area contributed by atoms with Crippen LogP contribution >= 0.6 is 0 Å². The first-order chi connectivity index (χ1) is 13.2. The number of pyridine rings is 1. The first kappa shape index (κ1) is 17.0. The van der Waals surface area contributed by atoms with Crippen LogP contribution in [0.25, 0.3) is 33.2 Å². The zero-order valence-corrected chi connectivity index (χ0v) is 15.1. The highest BCUT2D eigenvalue weighted by Crippen LogP contribution is 2.32. The number of carboxylic acids is 1. The lowest BCUT2D eigenvalue weighted by Gasteiger charge is -2.09. The maximum atomic E-state index is 11.7. The number of rotatable bonds is 5. The number of nitrogens with zero attached hydrogens (tertiary/aromatic N) is 2. The number of aromatic carboxylic acids is 1. The van der Waals surface area contributed by atoms with Crippen LogP contribution in [0.3, 0.4) is 0 Å². The van der Waals surface area contributed by atoms with Gasteiger partial charge in [0.1, 0.15) is 5.69 Å². The summed E-state index contributed by atoms with van der Waals surface area (Å²) in [6.45, 7) is 2.69. The summed E-state index contributed by atoms with van der Waals surface area (Å²) < 4.78 is 1.84. The standard InChI is InChI=1S/C23H20N2O2/c1-2-11-25-21(23(26)27)13-19-20(14-24-15-22(19)25)18-10-6-9-17(12-18)16-7-4-3-5-8-16/h3-10,12-15H,2,11H2,1H3,(H,26,27). The van der Waals surface area contributed by atoms with Gasteiger partial charge in [-0.2, -0.15) is 0 Å². The Morgan fingerprint density at radius 3 is 2.44 bits per heavy atom. The van der Waals surface area contributed by atoms with Gasteiger partial charge in [-0.25, -0.2) is 4.79 Å². The molecule has 4 nitrogen and oxygen atoms in total. The summed E-state index contributed by atoms with van der Waals surface area (Å²) in [6.07, 6.45) is 4.42. The third-order valence-corrected chi connectivity index (χ3v) is 4.78. The summed E-state index contributed by atoms with van der Waals surface area (Å²) >= 11 is 0. The number of fused-ring (bicyclic) bond motifs is 1. The zero-order valence-electron chi connectivity index (χ0n) is 15.1. The summed E-state index contributed by atoms with van der Waals surface area (Å²) in [4.78, 5) is 16.1. The molecule has 0 amide bonds. The van der Waals surface area contributed by atoms with Crippen molar-refractivity contribution in [2.24, 2.45) is 0 Å². The Hall–Kier alpha value is -3.40. The van der Waals surface area contributed by atoms with Crippen molar-refractivity contribution >= 4 is 16.9 Å². The highest BCUT2D eigenvalue weighted by Gasteiger charge is 2.17. The number of aromatic nitrogens is 2. The summed E-state index contributed by atoms with van der Waals surface area (Å²) in [5.41, 5.74) is 5.41. The van der Waals surface area contributed by atoms with Crippen molar-refractivity contribution in [1.82, 2.24) is 9.55 Å². The van der Waals surface area contributed by atoms with Crippen molar-refractivity contribution in [2.75, 3.05) is 0 Å². The van der Waals surface area contributed by atoms with Crippen molar-refractivity contribution in [1.29, 1.82) is 0 Å². The van der Waals surface area contributed by atoms with Gasteiger partial charge in [-0.1, -0.05) is 55.5 Å². The average molecular weight is 356 g/mol. The van der Waals surface area contributed by atoms with E-state index in [0.29, 0.717) is 12.2 Å². The Balaban J connectivity index is 1.90. The third kappa shape index (κ3) is 3.10. The molecule has 0 spiro atoms. The van der Waals surface area contributed by atoms with Crippen LogP contribution in [0.15, 0.2) is 73.1 Å². The molecule has 4 heteroatoms. The average Bonchev–Trinajstić information content (AvgIpc) is 3.08. The number of benzene rings is 2. The Morgan fingerprint density at radius 2 is 1.70 bits per heavy atom. The lowest BCUT2D eigenvalue weighted by atomic mass is 9.98. The van der Waals surface area contributed by atoms with Gasteiger partial charge >= 0.3 is 5.97 Å². The van der Waals surface area contributed by atoms with E-state index in [-0.39, 0.29) is 0 Å². The van der Waals surface area contributed by atoms with E-state index in [9.17, 15) is 9.90 Å². The van der Waals surface area contributed by atoms with Crippen LogP contribution in [0.1, 0.15) is 23.8 Å². The van der Waals surface area contributed by atoms with E-state index in [4.69, 9.17) is 0 Å². The molecule has 0 saturated carbocycles. The summed E-state index contributed by atoms with van der Waals surface area (Å²) in [7, 11) is 0. The van der Waals surface area contributed by atoms with E-state index >= 15 is 0 Å². The molecule has 0 aliphatic carbocycles. The number of carboxylic acid groups (broad SMARTS) is 1. The summed E-state index contributed by atoms with van der Waals surface area (Å²) in [5, 5.41) is 10.5. The van der Waals surface area contributed by atoms with Crippen LogP contribution in [0, 0.1) is 0 Å². The monoisotopic (exact) mass is 356 g/mol. The predicted octanol–water partition coefficient (Wildman–Crippen LogP) is 5.48. The van der Waals surface area contributed by atoms with Gasteiger partial charge in [-0.15, -0.1) is 0 Å². The minimum absolute atomic E-state index is 0.306. The highest BCUT2D eigenvalue weighted by molar-refractivity contribution is 6.01. The summed E-state index contributed by atoms with van der Waals surface area (Å²) in [6, 6.07) is 20.2. The molecule has 0 saturated heterocycles. The topological polar surface area (TPSA) is 55.1 Å². The molecule has 0 atom stereocenters. The Bertz CT molecular complexity index is 1110. The van der Waals surface area contributed by atoms with E-state index in [1.54, 1.807) is 12.3 Å². The van der Waals surface area contributed by atoms with Crippen molar-refractivity contribution in [3.05, 3.63) is 78.8 Å². The first-order valence-corrected chi connectivity index (χ1v) is 9.05. The largest absolute Gasteiger partial charge is 0.477 e. The van der Waals surface area contributed by atoms with Gasteiger partial charge in [0.2, 0.25) is 0 Å². The second-order valence-corrected chi connectivity index (χ2v) is 6.55. The zero-order chi connectivity index (χ0) is 18.8. The lowest BCUT2D eigenvalue weighted by molar-refractivity contribution is 0.0685. The molecule has 0 aliphatic heterocycles. The Kier molecular flexibility index (Phi) is 4.47. The molecule has 0 radical (unpaired) electrons. The van der Waals surface area contributed by atoms with Gasteiger partial charge in [0.15, 0.2) is 0 Å². The fraction of sp³-hybridized carbons (Fsp3) is 0.130. The van der Waals surface area contributed by atoms with Gasteiger partial charge in [-0.05, 0) is 35.2 Å². The van der Waals surface area contributed by atoms with E-state index in [1.165, 1.54) is 0 Å². The van der Waals surface area contributed by atoms with Crippen molar-refractivity contribution in [3.63, 3.8) is 0 Å². The third-order valence-electron chi connectivity index (χ3n) is 4.78. The fourth-order valence-corrected chi connectivity index (χ4v) is 3.54. The fourth-order valence-electron chi connectivity index (χ4n) is 3.54. The summed E-state index contributed by atoms with van der Waals surface area (Å²) in [5.74, 6) is -0.913. The van der Waals surface area contributed by atoms with Gasteiger partial charge in [-0.3, -0.25) is 4.98 Å². The van der Waals surface area contributed by atoms with Crippen LogP contribution in [0.5, 0.6) is 0 Å². The molecule has 27 heavy (non-hydrogen) atoms. The first-order valence-electron chi connectivity index (χ1n) is 9.05. The molecule has 134 valence electrons. The maximum absolute atomic E-state index is 11.7. The molecule has 2 heterocycles. The normalized spacial score (nSPS) is 11.0. The molecule has 2 aromatic carbocycles. The smallest absolute Gasteiger partial charge is 0.352 e. The molecule has 4 rings (SSSR count). The Labute approximate surface area is 157 Å². The van der Waals surface area contributed by atoms with E-state index < -0.39 is 5.97 Å². The number of aryl methyl sites for hydroxylation is 1. The van der Waals surface area contributed by atoms with Crippen LogP contribution in [0.2, 0.25) is 0 Å². The molecular formula is C23H20N2O2.